The van der Waals surface area contributed by atoms with Crippen LogP contribution in [0.1, 0.15) is 15.9 Å². The zero-order chi connectivity index (χ0) is 10.4. The molecule has 0 aliphatic heterocycles. The molecular formula is C10H11NO3. The first-order valence-corrected chi connectivity index (χ1v) is 4.20. The number of aromatic carboxylic acids is 1. The van der Waals surface area contributed by atoms with E-state index in [0.717, 1.165) is 11.8 Å². The van der Waals surface area contributed by atoms with Crippen molar-refractivity contribution < 1.29 is 14.7 Å². The third-order valence-corrected chi connectivity index (χ3v) is 1.76. The molecule has 0 bridgehead atoms. The number of carboxylic acid groups (broad SMARTS) is 1. The highest BCUT2D eigenvalue weighted by molar-refractivity contribution is 5.87. The zero-order valence-corrected chi connectivity index (χ0v) is 7.56. The standard InChI is InChI=1S/C10H11NO3/c12-6-5-11-7-8-1-3-9(4-2-8)10(13)14/h1-4,6,11H,5,7H2,(H,13,14). The maximum absolute atomic E-state index is 10.5. The highest BCUT2D eigenvalue weighted by Crippen LogP contribution is 2.03. The minimum Gasteiger partial charge on any atom is -0.478 e. The number of rotatable bonds is 5. The molecular weight excluding hydrogens is 182 g/mol. The van der Waals surface area contributed by atoms with Crippen LogP contribution in [0.4, 0.5) is 0 Å². The fourth-order valence-electron chi connectivity index (χ4n) is 1.04. The topological polar surface area (TPSA) is 66.4 Å². The smallest absolute Gasteiger partial charge is 0.335 e. The van der Waals surface area contributed by atoms with Crippen molar-refractivity contribution in [2.45, 2.75) is 6.54 Å². The van der Waals surface area contributed by atoms with Crippen LogP contribution in [0.2, 0.25) is 0 Å². The van der Waals surface area contributed by atoms with Crippen molar-refractivity contribution in [3.05, 3.63) is 35.4 Å². The Labute approximate surface area is 81.6 Å². The molecule has 1 aromatic rings. The van der Waals surface area contributed by atoms with Gasteiger partial charge in [0.15, 0.2) is 0 Å². The van der Waals surface area contributed by atoms with Crippen LogP contribution >= 0.6 is 0 Å². The number of hydrogen-bond donors (Lipinski definition) is 2. The van der Waals surface area contributed by atoms with Crippen LogP contribution in [0, 0.1) is 0 Å². The summed E-state index contributed by atoms with van der Waals surface area (Å²) in [6.45, 7) is 0.874. The molecule has 14 heavy (non-hydrogen) atoms. The average Bonchev–Trinajstić information content (AvgIpc) is 2.19. The van der Waals surface area contributed by atoms with Crippen molar-refractivity contribution in [3.8, 4) is 0 Å². The van der Waals surface area contributed by atoms with Gasteiger partial charge in [0, 0.05) is 6.54 Å². The highest BCUT2D eigenvalue weighted by atomic mass is 16.4. The van der Waals surface area contributed by atoms with Gasteiger partial charge in [-0.1, -0.05) is 12.1 Å². The molecule has 0 fully saturated rings. The molecule has 2 N–H and O–H groups in total. The Kier molecular flexibility index (Phi) is 3.82. The van der Waals surface area contributed by atoms with Gasteiger partial charge < -0.3 is 15.2 Å². The second-order valence-corrected chi connectivity index (χ2v) is 2.80. The molecule has 1 rings (SSSR count). The number of nitrogens with one attached hydrogen (secondary N) is 1. The van der Waals surface area contributed by atoms with Gasteiger partial charge in [-0.15, -0.1) is 0 Å². The molecule has 0 aliphatic rings. The zero-order valence-electron chi connectivity index (χ0n) is 7.56. The summed E-state index contributed by atoms with van der Waals surface area (Å²) in [5.41, 5.74) is 1.22. The van der Waals surface area contributed by atoms with E-state index in [-0.39, 0.29) is 5.56 Å². The molecule has 74 valence electrons. The lowest BCUT2D eigenvalue weighted by molar-refractivity contribution is -0.107. The Bertz CT molecular complexity index is 319. The molecule has 0 radical (unpaired) electrons. The summed E-state index contributed by atoms with van der Waals surface area (Å²) in [4.78, 5) is 20.5. The predicted molar refractivity (Wildman–Crippen MR) is 51.2 cm³/mol. The van der Waals surface area contributed by atoms with Gasteiger partial charge in [-0.05, 0) is 17.7 Å². The van der Waals surface area contributed by atoms with Crippen LogP contribution in [0.25, 0.3) is 0 Å². The molecule has 4 heteroatoms. The Morgan fingerprint density at radius 1 is 1.36 bits per heavy atom. The Balaban J connectivity index is 2.55. The Morgan fingerprint density at radius 2 is 2.00 bits per heavy atom. The fraction of sp³-hybridized carbons (Fsp3) is 0.200. The van der Waals surface area contributed by atoms with Crippen LogP contribution in [-0.4, -0.2) is 23.9 Å². The first kappa shape index (κ1) is 10.4. The molecule has 0 unspecified atom stereocenters. The van der Waals surface area contributed by atoms with Crippen molar-refractivity contribution in [2.75, 3.05) is 6.54 Å². The third-order valence-electron chi connectivity index (χ3n) is 1.76. The van der Waals surface area contributed by atoms with Crippen molar-refractivity contribution in [1.29, 1.82) is 0 Å². The van der Waals surface area contributed by atoms with Gasteiger partial charge in [-0.25, -0.2) is 4.79 Å². The SMILES string of the molecule is O=CCNCc1ccc(C(=O)O)cc1. The molecule has 4 nitrogen and oxygen atoms in total. The predicted octanol–water partition coefficient (Wildman–Crippen LogP) is 0.673. The van der Waals surface area contributed by atoms with E-state index in [0.29, 0.717) is 13.1 Å². The summed E-state index contributed by atoms with van der Waals surface area (Å²) in [6, 6.07) is 6.53. The summed E-state index contributed by atoms with van der Waals surface area (Å²) in [7, 11) is 0. The molecule has 0 aliphatic carbocycles. The monoisotopic (exact) mass is 193 g/mol. The summed E-state index contributed by atoms with van der Waals surface area (Å²) in [5.74, 6) is -0.933. The van der Waals surface area contributed by atoms with E-state index in [4.69, 9.17) is 5.11 Å². The molecule has 0 aromatic heterocycles. The molecule has 1 aromatic carbocycles. The van der Waals surface area contributed by atoms with Crippen molar-refractivity contribution >= 4 is 12.3 Å². The fourth-order valence-corrected chi connectivity index (χ4v) is 1.04. The summed E-state index contributed by atoms with van der Waals surface area (Å²) < 4.78 is 0. The number of hydrogen-bond acceptors (Lipinski definition) is 3. The summed E-state index contributed by atoms with van der Waals surface area (Å²) in [6.07, 6.45) is 0.783. The van der Waals surface area contributed by atoms with Crippen LogP contribution in [0.5, 0.6) is 0 Å². The minimum atomic E-state index is -0.933. The van der Waals surface area contributed by atoms with Gasteiger partial charge in [0.25, 0.3) is 0 Å². The maximum atomic E-state index is 10.5. The van der Waals surface area contributed by atoms with Crippen molar-refractivity contribution in [2.24, 2.45) is 0 Å². The molecule has 0 atom stereocenters. The van der Waals surface area contributed by atoms with E-state index >= 15 is 0 Å². The van der Waals surface area contributed by atoms with Crippen molar-refractivity contribution in [3.63, 3.8) is 0 Å². The minimum absolute atomic E-state index is 0.268. The first-order chi connectivity index (χ1) is 6.74. The second-order valence-electron chi connectivity index (χ2n) is 2.80. The van der Waals surface area contributed by atoms with Gasteiger partial charge in [-0.2, -0.15) is 0 Å². The number of benzene rings is 1. The Hall–Kier alpha value is -1.68. The third kappa shape index (κ3) is 2.99. The van der Waals surface area contributed by atoms with Crippen LogP contribution in [0.15, 0.2) is 24.3 Å². The van der Waals surface area contributed by atoms with Gasteiger partial charge >= 0.3 is 5.97 Å². The Morgan fingerprint density at radius 3 is 2.50 bits per heavy atom. The van der Waals surface area contributed by atoms with Gasteiger partial charge in [0.1, 0.15) is 6.29 Å². The lowest BCUT2D eigenvalue weighted by Crippen LogP contribution is -2.15. The molecule has 0 saturated carbocycles. The van der Waals surface area contributed by atoms with E-state index in [2.05, 4.69) is 5.32 Å². The molecule has 0 saturated heterocycles. The van der Waals surface area contributed by atoms with E-state index < -0.39 is 5.97 Å². The normalized spacial score (nSPS) is 9.71. The van der Waals surface area contributed by atoms with E-state index in [1.54, 1.807) is 24.3 Å². The lowest BCUT2D eigenvalue weighted by atomic mass is 10.1. The summed E-state index contributed by atoms with van der Waals surface area (Å²) in [5, 5.41) is 11.5. The summed E-state index contributed by atoms with van der Waals surface area (Å²) >= 11 is 0. The van der Waals surface area contributed by atoms with E-state index in [9.17, 15) is 9.59 Å². The highest BCUT2D eigenvalue weighted by Gasteiger charge is 2.00. The van der Waals surface area contributed by atoms with Gasteiger partial charge in [0.05, 0.1) is 12.1 Å². The second kappa shape index (κ2) is 5.14. The van der Waals surface area contributed by atoms with Gasteiger partial charge in [0.2, 0.25) is 0 Å². The number of carbonyl (C=O) groups excluding carboxylic acids is 1. The number of carboxylic acids is 1. The number of aldehydes is 1. The van der Waals surface area contributed by atoms with Crippen LogP contribution in [-0.2, 0) is 11.3 Å². The van der Waals surface area contributed by atoms with Crippen LogP contribution in [0.3, 0.4) is 0 Å². The van der Waals surface area contributed by atoms with E-state index in [1.807, 2.05) is 0 Å². The molecule has 0 amide bonds. The van der Waals surface area contributed by atoms with Crippen LogP contribution < -0.4 is 5.32 Å². The van der Waals surface area contributed by atoms with E-state index in [1.165, 1.54) is 0 Å². The maximum Gasteiger partial charge on any atom is 0.335 e. The average molecular weight is 193 g/mol. The quantitative estimate of drug-likeness (QED) is 0.533. The largest absolute Gasteiger partial charge is 0.478 e. The van der Waals surface area contributed by atoms with Crippen molar-refractivity contribution in [1.82, 2.24) is 5.32 Å². The lowest BCUT2D eigenvalue weighted by Gasteiger charge is -2.01. The number of carbonyl (C=O) groups is 2. The first-order valence-electron chi connectivity index (χ1n) is 4.20. The molecule has 0 spiro atoms. The van der Waals surface area contributed by atoms with Gasteiger partial charge in [-0.3, -0.25) is 0 Å². The molecule has 0 heterocycles.